The molecule has 4 heteroatoms. The van der Waals surface area contributed by atoms with Crippen LogP contribution in [0.2, 0.25) is 0 Å². The second-order valence-corrected chi connectivity index (χ2v) is 4.81. The molecule has 0 aliphatic heterocycles. The Morgan fingerprint density at radius 1 is 1.29 bits per heavy atom. The number of aliphatic carboxylic acids is 1. The van der Waals surface area contributed by atoms with Gasteiger partial charge in [-0.2, -0.15) is 0 Å². The number of carbonyl (C=O) groups is 1. The molecule has 0 saturated carbocycles. The largest absolute Gasteiger partial charge is 0.481 e. The molecular formula is C13H18O4. The average molecular weight is 238 g/mol. The highest BCUT2D eigenvalue weighted by molar-refractivity contribution is 5.74. The van der Waals surface area contributed by atoms with Crippen LogP contribution in [0.3, 0.4) is 0 Å². The van der Waals surface area contributed by atoms with E-state index in [1.54, 1.807) is 38.1 Å². The fraction of sp³-hybridized carbons (Fsp3) is 0.462. The fourth-order valence-corrected chi connectivity index (χ4v) is 1.55. The van der Waals surface area contributed by atoms with Crippen LogP contribution in [0.25, 0.3) is 0 Å². The molecule has 0 bridgehead atoms. The van der Waals surface area contributed by atoms with Gasteiger partial charge in [0.2, 0.25) is 0 Å². The van der Waals surface area contributed by atoms with Crippen molar-refractivity contribution in [3.8, 4) is 0 Å². The second kappa shape index (κ2) is 5.29. The highest BCUT2D eigenvalue weighted by Crippen LogP contribution is 2.23. The van der Waals surface area contributed by atoms with Crippen molar-refractivity contribution in [2.24, 2.45) is 5.41 Å². The van der Waals surface area contributed by atoms with E-state index in [2.05, 4.69) is 0 Å². The van der Waals surface area contributed by atoms with E-state index in [1.165, 1.54) is 0 Å². The molecule has 94 valence electrons. The number of rotatable bonds is 5. The molecule has 1 atom stereocenters. The molecule has 0 aromatic heterocycles. The molecule has 3 N–H and O–H groups in total. The van der Waals surface area contributed by atoms with Gasteiger partial charge in [0.25, 0.3) is 0 Å². The minimum absolute atomic E-state index is 0.319. The third-order valence-electron chi connectivity index (χ3n) is 2.76. The highest BCUT2D eigenvalue weighted by Gasteiger charge is 2.27. The van der Waals surface area contributed by atoms with Crippen molar-refractivity contribution in [2.75, 3.05) is 6.61 Å². The van der Waals surface area contributed by atoms with E-state index in [4.69, 9.17) is 10.2 Å². The Labute approximate surface area is 101 Å². The number of hydrogen-bond donors (Lipinski definition) is 3. The lowest BCUT2D eigenvalue weighted by Crippen LogP contribution is -2.26. The van der Waals surface area contributed by atoms with E-state index in [0.29, 0.717) is 12.0 Å². The normalized spacial score (nSPS) is 13.4. The predicted octanol–water partition coefficient (Wildman–Crippen LogP) is 1.37. The second-order valence-electron chi connectivity index (χ2n) is 4.81. The van der Waals surface area contributed by atoms with Crippen LogP contribution < -0.4 is 0 Å². The van der Waals surface area contributed by atoms with Gasteiger partial charge in [0.05, 0.1) is 12.0 Å². The van der Waals surface area contributed by atoms with Gasteiger partial charge in [-0.3, -0.25) is 4.79 Å². The summed E-state index contributed by atoms with van der Waals surface area (Å²) < 4.78 is 0. The van der Waals surface area contributed by atoms with Crippen LogP contribution in [0.5, 0.6) is 0 Å². The number of aliphatic hydroxyl groups is 2. The van der Waals surface area contributed by atoms with Crippen LogP contribution in [-0.2, 0) is 11.2 Å². The lowest BCUT2D eigenvalue weighted by Gasteiger charge is -2.19. The molecule has 17 heavy (non-hydrogen) atoms. The maximum Gasteiger partial charge on any atom is 0.309 e. The molecule has 1 aromatic carbocycles. The zero-order valence-corrected chi connectivity index (χ0v) is 10.1. The van der Waals surface area contributed by atoms with Crippen molar-refractivity contribution < 1.29 is 20.1 Å². The van der Waals surface area contributed by atoms with E-state index < -0.39 is 17.5 Å². The summed E-state index contributed by atoms with van der Waals surface area (Å²) in [6.07, 6.45) is -0.450. The maximum atomic E-state index is 11.0. The van der Waals surface area contributed by atoms with Gasteiger partial charge in [0.1, 0.15) is 6.10 Å². The zero-order valence-electron chi connectivity index (χ0n) is 10.1. The van der Waals surface area contributed by atoms with E-state index in [1.807, 2.05) is 0 Å². The predicted molar refractivity (Wildman–Crippen MR) is 63.6 cm³/mol. The molecule has 0 spiro atoms. The van der Waals surface area contributed by atoms with Crippen molar-refractivity contribution in [3.05, 3.63) is 35.4 Å². The molecule has 0 fully saturated rings. The van der Waals surface area contributed by atoms with Gasteiger partial charge in [0, 0.05) is 0 Å². The fourth-order valence-electron chi connectivity index (χ4n) is 1.55. The summed E-state index contributed by atoms with van der Waals surface area (Å²) in [6, 6.07) is 6.96. The molecule has 1 unspecified atom stereocenters. The van der Waals surface area contributed by atoms with Crippen LogP contribution in [0.1, 0.15) is 31.1 Å². The van der Waals surface area contributed by atoms with Crippen molar-refractivity contribution >= 4 is 5.97 Å². The van der Waals surface area contributed by atoms with Crippen LogP contribution in [0.4, 0.5) is 0 Å². The SMILES string of the molecule is CC(C)(Cc1ccc(C(O)CO)cc1)C(=O)O. The minimum Gasteiger partial charge on any atom is -0.481 e. The molecule has 0 aliphatic rings. The van der Waals surface area contributed by atoms with Crippen molar-refractivity contribution in [3.63, 3.8) is 0 Å². The molecule has 1 aromatic rings. The van der Waals surface area contributed by atoms with Crippen LogP contribution in [0.15, 0.2) is 24.3 Å². The van der Waals surface area contributed by atoms with Crippen LogP contribution >= 0.6 is 0 Å². The van der Waals surface area contributed by atoms with Gasteiger partial charge in [-0.15, -0.1) is 0 Å². The first-order valence-electron chi connectivity index (χ1n) is 5.48. The summed E-state index contributed by atoms with van der Waals surface area (Å²) in [6.45, 7) is 3.03. The molecule has 1 rings (SSSR count). The average Bonchev–Trinajstić information content (AvgIpc) is 2.28. The van der Waals surface area contributed by atoms with Crippen LogP contribution in [-0.4, -0.2) is 27.9 Å². The molecule has 0 heterocycles. The van der Waals surface area contributed by atoms with E-state index >= 15 is 0 Å². The monoisotopic (exact) mass is 238 g/mol. The first kappa shape index (κ1) is 13.7. The van der Waals surface area contributed by atoms with Crippen molar-refractivity contribution in [1.82, 2.24) is 0 Å². The van der Waals surface area contributed by atoms with Gasteiger partial charge in [-0.25, -0.2) is 0 Å². The van der Waals surface area contributed by atoms with E-state index in [0.717, 1.165) is 5.56 Å². The van der Waals surface area contributed by atoms with Crippen molar-refractivity contribution in [1.29, 1.82) is 0 Å². The Hall–Kier alpha value is -1.39. The first-order valence-corrected chi connectivity index (χ1v) is 5.48. The number of benzene rings is 1. The molecule has 0 radical (unpaired) electrons. The summed E-state index contributed by atoms with van der Waals surface area (Å²) in [5, 5.41) is 27.2. The highest BCUT2D eigenvalue weighted by atomic mass is 16.4. The Balaban J connectivity index is 2.79. The number of carboxylic acids is 1. The third-order valence-corrected chi connectivity index (χ3v) is 2.76. The van der Waals surface area contributed by atoms with Gasteiger partial charge in [0.15, 0.2) is 0 Å². The maximum absolute atomic E-state index is 11.0. The van der Waals surface area contributed by atoms with Crippen molar-refractivity contribution in [2.45, 2.75) is 26.4 Å². The quantitative estimate of drug-likeness (QED) is 0.724. The lowest BCUT2D eigenvalue weighted by atomic mass is 9.85. The first-order chi connectivity index (χ1) is 7.86. The summed E-state index contributed by atoms with van der Waals surface area (Å²) >= 11 is 0. The molecular weight excluding hydrogens is 220 g/mol. The number of aliphatic hydroxyl groups excluding tert-OH is 2. The van der Waals surface area contributed by atoms with Gasteiger partial charge in [-0.05, 0) is 31.4 Å². The number of hydrogen-bond acceptors (Lipinski definition) is 3. The topological polar surface area (TPSA) is 77.8 Å². The molecule has 0 aliphatic carbocycles. The Morgan fingerprint density at radius 3 is 2.24 bits per heavy atom. The lowest BCUT2D eigenvalue weighted by molar-refractivity contribution is -0.146. The van der Waals surface area contributed by atoms with E-state index in [9.17, 15) is 9.90 Å². The summed E-state index contributed by atoms with van der Waals surface area (Å²) in [5.41, 5.74) is 0.715. The van der Waals surface area contributed by atoms with Gasteiger partial charge >= 0.3 is 5.97 Å². The molecule has 4 nitrogen and oxygen atoms in total. The minimum atomic E-state index is -0.878. The Morgan fingerprint density at radius 2 is 1.82 bits per heavy atom. The number of carboxylic acid groups (broad SMARTS) is 1. The smallest absolute Gasteiger partial charge is 0.309 e. The third kappa shape index (κ3) is 3.54. The Bertz CT molecular complexity index is 381. The standard InChI is InChI=1S/C13H18O4/c1-13(2,12(16)17)7-9-3-5-10(6-4-9)11(15)8-14/h3-6,11,14-15H,7-8H2,1-2H3,(H,16,17). The molecule has 0 saturated heterocycles. The van der Waals surface area contributed by atoms with Gasteiger partial charge < -0.3 is 15.3 Å². The van der Waals surface area contributed by atoms with Crippen LogP contribution in [0, 0.1) is 5.41 Å². The summed E-state index contributed by atoms with van der Waals surface area (Å²) in [5.74, 6) is -0.836. The van der Waals surface area contributed by atoms with E-state index in [-0.39, 0.29) is 6.61 Å². The molecule has 0 amide bonds. The Kier molecular flexibility index (Phi) is 4.26. The zero-order chi connectivity index (χ0) is 13.1. The summed E-state index contributed by atoms with van der Waals surface area (Å²) in [7, 11) is 0. The van der Waals surface area contributed by atoms with Gasteiger partial charge in [-0.1, -0.05) is 24.3 Å². The summed E-state index contributed by atoms with van der Waals surface area (Å²) in [4.78, 5) is 11.0.